The fourth-order valence-electron chi connectivity index (χ4n) is 2.07. The second-order valence-corrected chi connectivity index (χ2v) is 3.85. The molecule has 0 N–H and O–H groups in total. The molecule has 1 atom stereocenters. The largest absolute Gasteiger partial charge is 0.330 e. The number of hydrogen-bond donors (Lipinski definition) is 0. The van der Waals surface area contributed by atoms with Crippen molar-refractivity contribution in [3.05, 3.63) is 18.2 Å². The summed E-state index contributed by atoms with van der Waals surface area (Å²) in [4.78, 5) is 6.59. The predicted molar refractivity (Wildman–Crippen MR) is 52.8 cm³/mol. The molecule has 0 amide bonds. The van der Waals surface area contributed by atoms with Crippen LogP contribution >= 0.6 is 0 Å². The first kappa shape index (κ1) is 8.75. The van der Waals surface area contributed by atoms with E-state index in [1.165, 1.54) is 25.2 Å². The van der Waals surface area contributed by atoms with Crippen molar-refractivity contribution >= 4 is 0 Å². The number of aryl methyl sites for hydroxylation is 1. The Labute approximate surface area is 79.4 Å². The molecule has 3 heteroatoms. The SMILES string of the molecule is CCc1cncn1C1CCN(C)C1. The highest BCUT2D eigenvalue weighted by Crippen LogP contribution is 2.21. The molecule has 0 saturated carbocycles. The fraction of sp³-hybridized carbons (Fsp3) is 0.700. The first-order valence-corrected chi connectivity index (χ1v) is 5.00. The van der Waals surface area contributed by atoms with E-state index >= 15 is 0 Å². The Kier molecular flexibility index (Phi) is 2.36. The molecular weight excluding hydrogens is 162 g/mol. The molecule has 2 rings (SSSR count). The van der Waals surface area contributed by atoms with Crippen LogP contribution in [0.5, 0.6) is 0 Å². The van der Waals surface area contributed by atoms with E-state index in [2.05, 4.69) is 28.4 Å². The van der Waals surface area contributed by atoms with Gasteiger partial charge in [0.15, 0.2) is 0 Å². The first-order valence-electron chi connectivity index (χ1n) is 5.00. The second kappa shape index (κ2) is 3.50. The number of rotatable bonds is 2. The zero-order chi connectivity index (χ0) is 9.26. The van der Waals surface area contributed by atoms with Crippen LogP contribution in [0.3, 0.4) is 0 Å². The average molecular weight is 179 g/mol. The van der Waals surface area contributed by atoms with Crippen molar-refractivity contribution in [2.75, 3.05) is 20.1 Å². The molecule has 0 bridgehead atoms. The quantitative estimate of drug-likeness (QED) is 0.682. The summed E-state index contributed by atoms with van der Waals surface area (Å²) in [5.74, 6) is 0. The second-order valence-electron chi connectivity index (χ2n) is 3.85. The number of nitrogens with zero attached hydrogens (tertiary/aromatic N) is 3. The lowest BCUT2D eigenvalue weighted by atomic mass is 10.2. The van der Waals surface area contributed by atoms with Crippen LogP contribution in [-0.2, 0) is 6.42 Å². The van der Waals surface area contributed by atoms with Crippen LogP contribution in [0.2, 0.25) is 0 Å². The number of likely N-dealkylation sites (tertiary alicyclic amines) is 1. The third-order valence-corrected chi connectivity index (χ3v) is 2.87. The van der Waals surface area contributed by atoms with Crippen molar-refractivity contribution in [3.63, 3.8) is 0 Å². The molecule has 0 aromatic carbocycles. The van der Waals surface area contributed by atoms with E-state index in [0.717, 1.165) is 6.42 Å². The zero-order valence-corrected chi connectivity index (χ0v) is 8.40. The lowest BCUT2D eigenvalue weighted by molar-refractivity contribution is 0.390. The summed E-state index contributed by atoms with van der Waals surface area (Å²) in [6.45, 7) is 4.57. The minimum atomic E-state index is 0.655. The molecule has 2 heterocycles. The van der Waals surface area contributed by atoms with E-state index in [4.69, 9.17) is 0 Å². The molecule has 1 saturated heterocycles. The standard InChI is InChI=1S/C10H17N3/c1-3-9-6-11-8-13(9)10-4-5-12(2)7-10/h6,8,10H,3-5,7H2,1-2H3. The van der Waals surface area contributed by atoms with Gasteiger partial charge in [-0.25, -0.2) is 4.98 Å². The topological polar surface area (TPSA) is 21.1 Å². The van der Waals surface area contributed by atoms with Gasteiger partial charge in [0.2, 0.25) is 0 Å². The summed E-state index contributed by atoms with van der Waals surface area (Å²) in [7, 11) is 2.18. The van der Waals surface area contributed by atoms with Crippen molar-refractivity contribution in [3.8, 4) is 0 Å². The smallest absolute Gasteiger partial charge is 0.0951 e. The van der Waals surface area contributed by atoms with Gasteiger partial charge >= 0.3 is 0 Å². The Morgan fingerprint density at radius 1 is 1.62 bits per heavy atom. The summed E-state index contributed by atoms with van der Waals surface area (Å²) < 4.78 is 2.34. The van der Waals surface area contributed by atoms with E-state index in [1.54, 1.807) is 0 Å². The van der Waals surface area contributed by atoms with Crippen LogP contribution in [0.4, 0.5) is 0 Å². The molecule has 1 aromatic heterocycles. The zero-order valence-electron chi connectivity index (χ0n) is 8.40. The third kappa shape index (κ3) is 1.61. The van der Waals surface area contributed by atoms with Gasteiger partial charge in [0, 0.05) is 24.5 Å². The van der Waals surface area contributed by atoms with Crippen molar-refractivity contribution in [1.82, 2.24) is 14.5 Å². The Morgan fingerprint density at radius 2 is 2.46 bits per heavy atom. The number of imidazole rings is 1. The monoisotopic (exact) mass is 179 g/mol. The minimum Gasteiger partial charge on any atom is -0.330 e. The maximum Gasteiger partial charge on any atom is 0.0951 e. The van der Waals surface area contributed by atoms with Gasteiger partial charge < -0.3 is 9.47 Å². The molecule has 72 valence electrons. The Hall–Kier alpha value is -0.830. The molecular formula is C10H17N3. The number of hydrogen-bond acceptors (Lipinski definition) is 2. The molecule has 1 fully saturated rings. The van der Waals surface area contributed by atoms with Crippen LogP contribution in [0, 0.1) is 0 Å². The molecule has 3 nitrogen and oxygen atoms in total. The Bertz CT molecular complexity index is 279. The van der Waals surface area contributed by atoms with Gasteiger partial charge in [0.1, 0.15) is 0 Å². The first-order chi connectivity index (χ1) is 6.31. The summed E-state index contributed by atoms with van der Waals surface area (Å²) in [5, 5.41) is 0. The van der Waals surface area contributed by atoms with Gasteiger partial charge in [0.25, 0.3) is 0 Å². The Morgan fingerprint density at radius 3 is 3.08 bits per heavy atom. The fourth-order valence-corrected chi connectivity index (χ4v) is 2.07. The van der Waals surface area contributed by atoms with E-state index in [1.807, 2.05) is 12.5 Å². The molecule has 1 unspecified atom stereocenters. The maximum absolute atomic E-state index is 4.21. The number of likely N-dealkylation sites (N-methyl/N-ethyl adjacent to an activating group) is 1. The molecule has 13 heavy (non-hydrogen) atoms. The number of aromatic nitrogens is 2. The maximum atomic E-state index is 4.21. The molecule has 0 aliphatic carbocycles. The van der Waals surface area contributed by atoms with Gasteiger partial charge in [0.05, 0.1) is 6.33 Å². The lowest BCUT2D eigenvalue weighted by Crippen LogP contribution is -2.17. The highest BCUT2D eigenvalue weighted by atomic mass is 15.2. The molecule has 1 aromatic rings. The predicted octanol–water partition coefficient (Wildman–Crippen LogP) is 1.32. The highest BCUT2D eigenvalue weighted by molar-refractivity contribution is 5.01. The van der Waals surface area contributed by atoms with Crippen molar-refractivity contribution in [2.45, 2.75) is 25.8 Å². The summed E-state index contributed by atoms with van der Waals surface area (Å²) in [5.41, 5.74) is 1.36. The third-order valence-electron chi connectivity index (χ3n) is 2.87. The van der Waals surface area contributed by atoms with Crippen LogP contribution in [-0.4, -0.2) is 34.6 Å². The van der Waals surface area contributed by atoms with Crippen molar-refractivity contribution < 1.29 is 0 Å². The minimum absolute atomic E-state index is 0.655. The normalized spacial score (nSPS) is 24.0. The average Bonchev–Trinajstić information content (AvgIpc) is 2.71. The van der Waals surface area contributed by atoms with E-state index in [-0.39, 0.29) is 0 Å². The van der Waals surface area contributed by atoms with E-state index in [9.17, 15) is 0 Å². The molecule has 0 spiro atoms. The van der Waals surface area contributed by atoms with E-state index in [0.29, 0.717) is 6.04 Å². The molecule has 0 radical (unpaired) electrons. The summed E-state index contributed by atoms with van der Waals surface area (Å²) in [6, 6.07) is 0.655. The lowest BCUT2D eigenvalue weighted by Gasteiger charge is -2.14. The molecule has 1 aliphatic rings. The highest BCUT2D eigenvalue weighted by Gasteiger charge is 2.21. The van der Waals surface area contributed by atoms with Gasteiger partial charge in [-0.3, -0.25) is 0 Å². The Balaban J connectivity index is 2.16. The van der Waals surface area contributed by atoms with Gasteiger partial charge in [-0.15, -0.1) is 0 Å². The van der Waals surface area contributed by atoms with Crippen LogP contribution < -0.4 is 0 Å². The van der Waals surface area contributed by atoms with Crippen LogP contribution in [0.15, 0.2) is 12.5 Å². The van der Waals surface area contributed by atoms with E-state index < -0.39 is 0 Å². The summed E-state index contributed by atoms with van der Waals surface area (Å²) >= 11 is 0. The van der Waals surface area contributed by atoms with Gasteiger partial charge in [-0.1, -0.05) is 6.92 Å². The summed E-state index contributed by atoms with van der Waals surface area (Å²) in [6.07, 6.45) is 6.31. The molecule has 1 aliphatic heterocycles. The van der Waals surface area contributed by atoms with Gasteiger partial charge in [-0.2, -0.15) is 0 Å². The van der Waals surface area contributed by atoms with Gasteiger partial charge in [-0.05, 0) is 26.4 Å². The van der Waals surface area contributed by atoms with Crippen LogP contribution in [0.1, 0.15) is 25.1 Å². The van der Waals surface area contributed by atoms with Crippen molar-refractivity contribution in [1.29, 1.82) is 0 Å². The van der Waals surface area contributed by atoms with Crippen molar-refractivity contribution in [2.24, 2.45) is 0 Å². The van der Waals surface area contributed by atoms with Crippen LogP contribution in [0.25, 0.3) is 0 Å².